The van der Waals surface area contributed by atoms with Crippen LogP contribution in [0.3, 0.4) is 0 Å². The minimum absolute atomic E-state index is 0.116. The zero-order valence-electron chi connectivity index (χ0n) is 17.6. The van der Waals surface area contributed by atoms with Crippen molar-refractivity contribution in [2.75, 3.05) is 38.1 Å². The van der Waals surface area contributed by atoms with Crippen LogP contribution in [-0.2, 0) is 10.0 Å². The molecule has 0 fully saturated rings. The van der Waals surface area contributed by atoms with E-state index in [1.54, 1.807) is 30.3 Å². The average molecular weight is 509 g/mol. The fraction of sp³-hybridized carbons (Fsp3) is 0.333. The number of benzene rings is 2. The highest BCUT2D eigenvalue weighted by molar-refractivity contribution is 9.10. The van der Waals surface area contributed by atoms with Crippen LogP contribution in [0.4, 0.5) is 5.82 Å². The molecule has 10 heteroatoms. The summed E-state index contributed by atoms with van der Waals surface area (Å²) in [6.45, 7) is 7.39. The Hall–Kier alpha value is -2.43. The van der Waals surface area contributed by atoms with E-state index in [4.69, 9.17) is 9.47 Å². The first-order valence-electron chi connectivity index (χ1n) is 9.84. The number of nitrogens with zero attached hydrogens (tertiary/aromatic N) is 3. The molecule has 0 unspecified atom stereocenters. The molecule has 2 aromatic carbocycles. The van der Waals surface area contributed by atoms with Crippen molar-refractivity contribution < 1.29 is 17.9 Å². The maximum absolute atomic E-state index is 12.9. The van der Waals surface area contributed by atoms with Crippen LogP contribution in [0.2, 0.25) is 0 Å². The molecule has 8 nitrogen and oxygen atoms in total. The van der Waals surface area contributed by atoms with E-state index in [-0.39, 0.29) is 10.7 Å². The number of fused-ring (bicyclic) bond motifs is 1. The van der Waals surface area contributed by atoms with Crippen molar-refractivity contribution in [2.24, 2.45) is 0 Å². The molecule has 31 heavy (non-hydrogen) atoms. The molecule has 1 N–H and O–H groups in total. The zero-order valence-corrected chi connectivity index (χ0v) is 20.0. The number of anilines is 1. The van der Waals surface area contributed by atoms with Crippen molar-refractivity contribution >= 4 is 42.7 Å². The van der Waals surface area contributed by atoms with Crippen LogP contribution in [0.25, 0.3) is 10.9 Å². The molecule has 0 saturated heterocycles. The maximum atomic E-state index is 12.9. The smallest absolute Gasteiger partial charge is 0.264 e. The Kier molecular flexibility index (Phi) is 7.69. The number of sulfonamides is 1. The Labute approximate surface area is 190 Å². The molecule has 0 atom stereocenters. The molecule has 0 aliphatic carbocycles. The monoisotopic (exact) mass is 508 g/mol. The normalized spacial score (nSPS) is 11.6. The molecular formula is C21H25BrN4O4S. The molecule has 0 bridgehead atoms. The van der Waals surface area contributed by atoms with E-state index >= 15 is 0 Å². The minimum atomic E-state index is -3.86. The van der Waals surface area contributed by atoms with E-state index in [2.05, 4.69) is 49.4 Å². The first-order chi connectivity index (χ1) is 14.9. The highest BCUT2D eigenvalue weighted by Gasteiger charge is 2.20. The van der Waals surface area contributed by atoms with Gasteiger partial charge in [-0.15, -0.1) is 0 Å². The predicted molar refractivity (Wildman–Crippen MR) is 124 cm³/mol. The summed E-state index contributed by atoms with van der Waals surface area (Å²) in [6.07, 6.45) is 1.31. The van der Waals surface area contributed by atoms with Crippen LogP contribution in [0.15, 0.2) is 52.1 Å². The lowest BCUT2D eigenvalue weighted by molar-refractivity contribution is 0.217. The first-order valence-corrected chi connectivity index (χ1v) is 12.1. The summed E-state index contributed by atoms with van der Waals surface area (Å²) in [6, 6.07) is 9.99. The highest BCUT2D eigenvalue weighted by Crippen LogP contribution is 2.35. The molecule has 166 valence electrons. The van der Waals surface area contributed by atoms with Gasteiger partial charge < -0.3 is 14.4 Å². The number of nitrogens with one attached hydrogen (secondary N) is 1. The molecule has 0 amide bonds. The van der Waals surface area contributed by atoms with Gasteiger partial charge in [-0.3, -0.25) is 4.72 Å². The van der Waals surface area contributed by atoms with E-state index in [0.717, 1.165) is 19.6 Å². The van der Waals surface area contributed by atoms with Gasteiger partial charge in [-0.25, -0.2) is 18.4 Å². The van der Waals surface area contributed by atoms with Crippen LogP contribution in [0.5, 0.6) is 11.5 Å². The van der Waals surface area contributed by atoms with Gasteiger partial charge in [0.05, 0.1) is 12.6 Å². The summed E-state index contributed by atoms with van der Waals surface area (Å²) in [7, 11) is -2.32. The van der Waals surface area contributed by atoms with Crippen LogP contribution < -0.4 is 14.2 Å². The van der Waals surface area contributed by atoms with Crippen LogP contribution in [-0.4, -0.2) is 56.6 Å². The number of rotatable bonds is 10. The Morgan fingerprint density at radius 3 is 2.52 bits per heavy atom. The molecular weight excluding hydrogens is 484 g/mol. The van der Waals surface area contributed by atoms with Crippen molar-refractivity contribution in [2.45, 2.75) is 18.7 Å². The van der Waals surface area contributed by atoms with Gasteiger partial charge in [0.2, 0.25) is 0 Å². The molecule has 3 rings (SSSR count). The topological polar surface area (TPSA) is 93.6 Å². The quantitative estimate of drug-likeness (QED) is 0.443. The molecule has 0 aliphatic rings. The predicted octanol–water partition coefficient (Wildman–Crippen LogP) is 3.92. The highest BCUT2D eigenvalue weighted by atomic mass is 79.9. The summed E-state index contributed by atoms with van der Waals surface area (Å²) in [5.74, 6) is 1.18. The van der Waals surface area contributed by atoms with Crippen LogP contribution >= 0.6 is 15.9 Å². The maximum Gasteiger partial charge on any atom is 0.264 e. The Bertz CT molecular complexity index is 1150. The third-order valence-electron chi connectivity index (χ3n) is 4.84. The molecule has 1 aromatic heterocycles. The second-order valence-electron chi connectivity index (χ2n) is 6.65. The molecule has 0 spiro atoms. The second kappa shape index (κ2) is 10.3. The molecule has 1 heterocycles. The Balaban J connectivity index is 1.92. The van der Waals surface area contributed by atoms with Gasteiger partial charge in [0.15, 0.2) is 17.3 Å². The Morgan fingerprint density at radius 2 is 1.84 bits per heavy atom. The van der Waals surface area contributed by atoms with Gasteiger partial charge in [0.25, 0.3) is 10.0 Å². The SMILES string of the molecule is CCN(CC)CCOc1cc2ncnc(NS(=O)(=O)c3ccccc3Br)c2cc1OC. The summed E-state index contributed by atoms with van der Waals surface area (Å²) in [4.78, 5) is 10.8. The van der Waals surface area contributed by atoms with Gasteiger partial charge >= 0.3 is 0 Å². The summed E-state index contributed by atoms with van der Waals surface area (Å²) in [5, 5.41) is 0.506. The summed E-state index contributed by atoms with van der Waals surface area (Å²) in [5.41, 5.74) is 0.540. The van der Waals surface area contributed by atoms with Crippen molar-refractivity contribution in [3.05, 3.63) is 47.2 Å². The standard InChI is InChI=1S/C21H25BrN4O4S/c1-4-26(5-2)10-11-30-19-13-17-15(12-18(19)29-3)21(24-14-23-17)25-31(27,28)20-9-7-6-8-16(20)22/h6-9,12-14H,4-5,10-11H2,1-3H3,(H,23,24,25). The van der Waals surface area contributed by atoms with Crippen LogP contribution in [0, 0.1) is 0 Å². The van der Waals surface area contributed by atoms with Gasteiger partial charge in [-0.1, -0.05) is 26.0 Å². The number of hydrogen-bond acceptors (Lipinski definition) is 7. The first kappa shape index (κ1) is 23.2. The van der Waals surface area contributed by atoms with Crippen molar-refractivity contribution in [3.63, 3.8) is 0 Å². The number of halogens is 1. The lowest BCUT2D eigenvalue weighted by Crippen LogP contribution is -2.27. The summed E-state index contributed by atoms with van der Waals surface area (Å²) < 4.78 is 40.2. The number of aromatic nitrogens is 2. The molecule has 0 aliphatic heterocycles. The van der Waals surface area contributed by atoms with Gasteiger partial charge in [-0.05, 0) is 47.2 Å². The largest absolute Gasteiger partial charge is 0.493 e. The molecule has 3 aromatic rings. The van der Waals surface area contributed by atoms with Crippen LogP contribution in [0.1, 0.15) is 13.8 Å². The number of ether oxygens (including phenoxy) is 2. The third-order valence-corrected chi connectivity index (χ3v) is 7.19. The van der Waals surface area contributed by atoms with E-state index in [0.29, 0.717) is 33.5 Å². The Morgan fingerprint density at radius 1 is 1.10 bits per heavy atom. The second-order valence-corrected chi connectivity index (χ2v) is 9.16. The zero-order chi connectivity index (χ0) is 22.4. The average Bonchev–Trinajstić information content (AvgIpc) is 2.76. The van der Waals surface area contributed by atoms with E-state index in [1.807, 2.05) is 0 Å². The van der Waals surface area contributed by atoms with Crippen molar-refractivity contribution in [3.8, 4) is 11.5 Å². The lowest BCUT2D eigenvalue weighted by Gasteiger charge is -2.19. The third kappa shape index (κ3) is 5.44. The minimum Gasteiger partial charge on any atom is -0.493 e. The van der Waals surface area contributed by atoms with Crippen molar-refractivity contribution in [1.29, 1.82) is 0 Å². The van der Waals surface area contributed by atoms with E-state index < -0.39 is 10.0 Å². The van der Waals surface area contributed by atoms with Gasteiger partial charge in [-0.2, -0.15) is 0 Å². The number of hydrogen-bond donors (Lipinski definition) is 1. The number of likely N-dealkylation sites (N-methyl/N-ethyl adjacent to an activating group) is 1. The fourth-order valence-corrected chi connectivity index (χ4v) is 5.12. The number of methoxy groups -OCH3 is 1. The van der Waals surface area contributed by atoms with Gasteiger partial charge in [0, 0.05) is 22.5 Å². The summed E-state index contributed by atoms with van der Waals surface area (Å²) >= 11 is 3.28. The lowest BCUT2D eigenvalue weighted by atomic mass is 10.2. The molecule has 0 saturated carbocycles. The fourth-order valence-electron chi connectivity index (χ4n) is 3.09. The molecule has 0 radical (unpaired) electrons. The van der Waals surface area contributed by atoms with E-state index in [1.165, 1.54) is 19.5 Å². The van der Waals surface area contributed by atoms with E-state index in [9.17, 15) is 8.42 Å². The van der Waals surface area contributed by atoms with Crippen molar-refractivity contribution in [1.82, 2.24) is 14.9 Å². The van der Waals surface area contributed by atoms with Gasteiger partial charge in [0.1, 0.15) is 17.8 Å².